The van der Waals surface area contributed by atoms with Crippen molar-refractivity contribution in [3.05, 3.63) is 0 Å². The lowest BCUT2D eigenvalue weighted by Crippen LogP contribution is -2.54. The molecule has 4 nitrogen and oxygen atoms in total. The largest absolute Gasteiger partial charge is 0.509 e. The van der Waals surface area contributed by atoms with E-state index in [2.05, 4.69) is 13.8 Å². The van der Waals surface area contributed by atoms with E-state index < -0.39 is 29.5 Å². The molecule has 0 N–H and O–H groups in total. The molecule has 2 aliphatic rings. The van der Waals surface area contributed by atoms with Gasteiger partial charge in [-0.05, 0) is 72.1 Å². The highest BCUT2D eigenvalue weighted by Crippen LogP contribution is 2.56. The van der Waals surface area contributed by atoms with Gasteiger partial charge in [-0.2, -0.15) is 13.2 Å². The second kappa shape index (κ2) is 9.01. The maximum Gasteiger partial charge on any atom is 0.509 e. The van der Waals surface area contributed by atoms with E-state index in [0.29, 0.717) is 18.4 Å². The maximum absolute atomic E-state index is 13.5. The minimum Gasteiger partial charge on any atom is -0.429 e. The van der Waals surface area contributed by atoms with Crippen LogP contribution in [0.25, 0.3) is 0 Å². The molecule has 0 heterocycles. The first-order valence-corrected chi connectivity index (χ1v) is 9.75. The summed E-state index contributed by atoms with van der Waals surface area (Å²) in [6.45, 7) is 9.93. The second-order valence-electron chi connectivity index (χ2n) is 8.91. The molecule has 0 aliphatic heterocycles. The number of rotatable bonds is 4. The van der Waals surface area contributed by atoms with Gasteiger partial charge >= 0.3 is 12.3 Å². The number of carbonyl (C=O) groups is 1. The van der Waals surface area contributed by atoms with Crippen LogP contribution in [-0.2, 0) is 14.2 Å². The van der Waals surface area contributed by atoms with E-state index in [-0.39, 0.29) is 5.92 Å². The van der Waals surface area contributed by atoms with Gasteiger partial charge in [0, 0.05) is 13.0 Å². The van der Waals surface area contributed by atoms with Crippen LogP contribution < -0.4 is 0 Å². The van der Waals surface area contributed by atoms with Crippen LogP contribution in [-0.4, -0.2) is 36.7 Å². The number of carbonyl (C=O) groups excluding carboxylic acids is 1. The Kier molecular flexibility index (Phi) is 8.03. The van der Waals surface area contributed by atoms with E-state index in [0.717, 1.165) is 32.6 Å². The summed E-state index contributed by atoms with van der Waals surface area (Å²) in [5.41, 5.74) is -3.34. The molecule has 0 aromatic carbocycles. The molecule has 2 rings (SSSR count). The molecule has 0 aromatic rings. The van der Waals surface area contributed by atoms with Gasteiger partial charge in [0.1, 0.15) is 5.60 Å². The summed E-state index contributed by atoms with van der Waals surface area (Å²) in [5, 5.41) is 0. The Balaban J connectivity index is 0.000000527. The van der Waals surface area contributed by atoms with Crippen LogP contribution in [0.2, 0.25) is 0 Å². The van der Waals surface area contributed by atoms with Crippen LogP contribution in [0.4, 0.5) is 18.0 Å². The Morgan fingerprint density at radius 1 is 1.07 bits per heavy atom. The molecule has 5 atom stereocenters. The van der Waals surface area contributed by atoms with Gasteiger partial charge in [-0.25, -0.2) is 4.79 Å². The summed E-state index contributed by atoms with van der Waals surface area (Å²) in [4.78, 5) is 11.7. The molecule has 2 aliphatic carbocycles. The number of methoxy groups -OCH3 is 1. The second-order valence-corrected chi connectivity index (χ2v) is 8.91. The average Bonchev–Trinajstić information content (AvgIpc) is 3.14. The number of ether oxygens (including phenoxy) is 3. The lowest BCUT2D eigenvalue weighted by molar-refractivity contribution is -0.282. The van der Waals surface area contributed by atoms with Crippen molar-refractivity contribution in [1.82, 2.24) is 0 Å². The Bertz CT molecular complexity index is 483. The molecule has 160 valence electrons. The Labute approximate surface area is 161 Å². The van der Waals surface area contributed by atoms with Crippen molar-refractivity contribution in [2.24, 2.45) is 17.8 Å². The third kappa shape index (κ3) is 6.54. The van der Waals surface area contributed by atoms with Gasteiger partial charge < -0.3 is 14.2 Å². The van der Waals surface area contributed by atoms with Crippen LogP contribution in [0, 0.1) is 17.8 Å². The van der Waals surface area contributed by atoms with Crippen LogP contribution in [0.15, 0.2) is 0 Å². The standard InChI is InChI=1S/C15H23F3O3.C5H12O/c1-13(2,3)20-12(19)21-14(4,15(16,17)18)11-8-9-5-6-10(11)7-9;1-4-5(2)6-3/h9-11H,5-8H2,1-4H3;5H,4H2,1-3H3. The van der Waals surface area contributed by atoms with Crippen molar-refractivity contribution in [3.8, 4) is 0 Å². The van der Waals surface area contributed by atoms with Crippen molar-refractivity contribution >= 4 is 6.16 Å². The van der Waals surface area contributed by atoms with Crippen molar-refractivity contribution < 1.29 is 32.2 Å². The highest BCUT2D eigenvalue weighted by molar-refractivity contribution is 5.61. The van der Waals surface area contributed by atoms with E-state index in [4.69, 9.17) is 14.2 Å². The van der Waals surface area contributed by atoms with E-state index in [1.54, 1.807) is 27.9 Å². The molecule has 7 heteroatoms. The lowest BCUT2D eigenvalue weighted by Gasteiger charge is -2.40. The fraction of sp³-hybridized carbons (Fsp3) is 0.950. The molecule has 2 fully saturated rings. The highest BCUT2D eigenvalue weighted by atomic mass is 19.4. The van der Waals surface area contributed by atoms with E-state index in [1.165, 1.54) is 0 Å². The summed E-state index contributed by atoms with van der Waals surface area (Å²) < 4.78 is 55.3. The number of alkyl halides is 3. The fourth-order valence-corrected chi connectivity index (χ4v) is 3.87. The number of fused-ring (bicyclic) bond motifs is 2. The zero-order valence-electron chi connectivity index (χ0n) is 17.6. The van der Waals surface area contributed by atoms with E-state index in [1.807, 2.05) is 0 Å². The van der Waals surface area contributed by atoms with Gasteiger partial charge in [0.05, 0.1) is 6.10 Å². The first-order chi connectivity index (χ1) is 12.2. The predicted octanol–water partition coefficient (Wildman–Crippen LogP) is 6.13. The minimum absolute atomic E-state index is 0.0101. The Hall–Kier alpha value is -0.980. The molecule has 5 unspecified atom stereocenters. The number of hydrogen-bond acceptors (Lipinski definition) is 4. The molecule has 27 heavy (non-hydrogen) atoms. The molecule has 0 saturated heterocycles. The first-order valence-electron chi connectivity index (χ1n) is 9.75. The predicted molar refractivity (Wildman–Crippen MR) is 97.5 cm³/mol. The van der Waals surface area contributed by atoms with E-state index >= 15 is 0 Å². The monoisotopic (exact) mass is 396 g/mol. The summed E-state index contributed by atoms with van der Waals surface area (Å²) in [7, 11) is 1.73. The van der Waals surface area contributed by atoms with Crippen LogP contribution in [0.1, 0.15) is 73.6 Å². The van der Waals surface area contributed by atoms with Crippen LogP contribution in [0.3, 0.4) is 0 Å². The van der Waals surface area contributed by atoms with Crippen LogP contribution in [0.5, 0.6) is 0 Å². The topological polar surface area (TPSA) is 44.8 Å². The maximum atomic E-state index is 13.5. The molecular weight excluding hydrogens is 361 g/mol. The molecule has 2 saturated carbocycles. The molecular formula is C20H35F3O4. The summed E-state index contributed by atoms with van der Waals surface area (Å²) in [6, 6.07) is 0. The smallest absolute Gasteiger partial charge is 0.429 e. The summed E-state index contributed by atoms with van der Waals surface area (Å²) in [5.74, 6) is -0.336. The molecule has 2 bridgehead atoms. The Morgan fingerprint density at radius 3 is 1.96 bits per heavy atom. The SMILES string of the molecule is CC(C)(C)OC(=O)OC(C)(C1CC2CCC1C2)C(F)(F)F.CCC(C)OC. The Morgan fingerprint density at radius 2 is 1.67 bits per heavy atom. The van der Waals surface area contributed by atoms with Crippen molar-refractivity contribution in [3.63, 3.8) is 0 Å². The number of halogens is 3. The zero-order valence-corrected chi connectivity index (χ0v) is 17.6. The van der Waals surface area contributed by atoms with Gasteiger partial charge in [0.25, 0.3) is 0 Å². The zero-order chi connectivity index (χ0) is 21.0. The minimum atomic E-state index is -4.60. The normalized spacial score (nSPS) is 28.0. The van der Waals surface area contributed by atoms with Gasteiger partial charge in [0.2, 0.25) is 5.60 Å². The van der Waals surface area contributed by atoms with Crippen molar-refractivity contribution in [2.45, 2.75) is 97.1 Å². The number of hydrogen-bond donors (Lipinski definition) is 0. The third-order valence-electron chi connectivity index (χ3n) is 5.67. The third-order valence-corrected chi connectivity index (χ3v) is 5.67. The molecule has 0 aromatic heterocycles. The molecule has 0 spiro atoms. The first kappa shape index (κ1) is 24.1. The van der Waals surface area contributed by atoms with Gasteiger partial charge in [0.15, 0.2) is 0 Å². The van der Waals surface area contributed by atoms with Gasteiger partial charge in [-0.15, -0.1) is 0 Å². The average molecular weight is 396 g/mol. The van der Waals surface area contributed by atoms with E-state index in [9.17, 15) is 18.0 Å². The van der Waals surface area contributed by atoms with Gasteiger partial charge in [-0.3, -0.25) is 0 Å². The quantitative estimate of drug-likeness (QED) is 0.537. The molecule has 0 amide bonds. The molecule has 0 radical (unpaired) electrons. The highest BCUT2D eigenvalue weighted by Gasteiger charge is 2.64. The summed E-state index contributed by atoms with van der Waals surface area (Å²) >= 11 is 0. The fourth-order valence-electron chi connectivity index (χ4n) is 3.87. The van der Waals surface area contributed by atoms with Gasteiger partial charge in [-0.1, -0.05) is 13.3 Å². The lowest BCUT2D eigenvalue weighted by atomic mass is 9.76. The van der Waals surface area contributed by atoms with Crippen molar-refractivity contribution in [1.29, 1.82) is 0 Å². The summed E-state index contributed by atoms with van der Waals surface area (Å²) in [6.07, 6.45) is -1.23. The van der Waals surface area contributed by atoms with Crippen molar-refractivity contribution in [2.75, 3.05) is 7.11 Å². The van der Waals surface area contributed by atoms with Crippen LogP contribution >= 0.6 is 0 Å².